The Balaban J connectivity index is 3.21. The number of fused-ring (bicyclic) bond motifs is 1. The van der Waals surface area contributed by atoms with Gasteiger partial charge in [0.1, 0.15) is 28.7 Å². The Hall–Kier alpha value is -2.88. The zero-order chi connectivity index (χ0) is 16.7. The number of alkyl halides is 6. The van der Waals surface area contributed by atoms with Crippen molar-refractivity contribution in [2.24, 2.45) is 0 Å². The van der Waals surface area contributed by atoms with Gasteiger partial charge in [-0.25, -0.2) is 0 Å². The summed E-state index contributed by atoms with van der Waals surface area (Å²) in [5, 5.41) is 17.7. The molecule has 0 saturated carbocycles. The van der Waals surface area contributed by atoms with Gasteiger partial charge in [-0.05, 0) is 0 Å². The van der Waals surface area contributed by atoms with Crippen molar-refractivity contribution in [3.63, 3.8) is 0 Å². The van der Waals surface area contributed by atoms with Crippen LogP contribution in [0, 0.1) is 22.7 Å². The molecule has 2 aromatic rings. The molecule has 0 aliphatic heterocycles. The number of hydrogen-bond acceptors (Lipinski definition) is 4. The molecule has 2 rings (SSSR count). The van der Waals surface area contributed by atoms with Gasteiger partial charge >= 0.3 is 12.4 Å². The number of aromatic nitrogens is 2. The summed E-state index contributed by atoms with van der Waals surface area (Å²) in [6.45, 7) is 0. The maximum Gasteiger partial charge on any atom is 0.419 e. The third-order valence-electron chi connectivity index (χ3n) is 2.71. The molecule has 10 heteroatoms. The van der Waals surface area contributed by atoms with E-state index in [1.807, 2.05) is 0 Å². The molecule has 0 bridgehead atoms. The SMILES string of the molecule is N#Cc1c(C(F)(F)F)c(C#N)c2nccnc2c1C(F)(F)F. The summed E-state index contributed by atoms with van der Waals surface area (Å²) in [5.74, 6) is 0. The Morgan fingerprint density at radius 2 is 1.18 bits per heavy atom. The first-order chi connectivity index (χ1) is 10.1. The summed E-state index contributed by atoms with van der Waals surface area (Å²) < 4.78 is 78.5. The smallest absolute Gasteiger partial charge is 0.252 e. The third kappa shape index (κ3) is 2.29. The van der Waals surface area contributed by atoms with Gasteiger partial charge < -0.3 is 0 Å². The summed E-state index contributed by atoms with van der Waals surface area (Å²) in [4.78, 5) is 6.72. The summed E-state index contributed by atoms with van der Waals surface area (Å²) in [6.07, 6.45) is -8.92. The summed E-state index contributed by atoms with van der Waals surface area (Å²) in [7, 11) is 0. The van der Waals surface area contributed by atoms with E-state index in [1.165, 1.54) is 0 Å². The maximum atomic E-state index is 13.1. The van der Waals surface area contributed by atoms with E-state index in [4.69, 9.17) is 10.5 Å². The average molecular weight is 316 g/mol. The molecule has 0 atom stereocenters. The molecule has 22 heavy (non-hydrogen) atoms. The summed E-state index contributed by atoms with van der Waals surface area (Å²) >= 11 is 0. The monoisotopic (exact) mass is 316 g/mol. The van der Waals surface area contributed by atoms with E-state index in [0.29, 0.717) is 0 Å². The molecular formula is C12H2F6N4. The van der Waals surface area contributed by atoms with Crippen LogP contribution in [-0.4, -0.2) is 9.97 Å². The van der Waals surface area contributed by atoms with Crippen molar-refractivity contribution in [2.45, 2.75) is 12.4 Å². The average Bonchev–Trinajstić information content (AvgIpc) is 2.42. The molecule has 0 aliphatic rings. The first kappa shape index (κ1) is 15.5. The Morgan fingerprint density at radius 3 is 1.59 bits per heavy atom. The topological polar surface area (TPSA) is 73.4 Å². The van der Waals surface area contributed by atoms with Crippen molar-refractivity contribution in [3.8, 4) is 12.1 Å². The van der Waals surface area contributed by atoms with E-state index < -0.39 is 45.6 Å². The van der Waals surface area contributed by atoms with Crippen LogP contribution in [0.25, 0.3) is 11.0 Å². The molecular weight excluding hydrogens is 314 g/mol. The second-order valence-electron chi connectivity index (χ2n) is 3.97. The highest BCUT2D eigenvalue weighted by atomic mass is 19.4. The zero-order valence-electron chi connectivity index (χ0n) is 10.2. The van der Waals surface area contributed by atoms with Gasteiger partial charge in [-0.1, -0.05) is 0 Å². The van der Waals surface area contributed by atoms with Gasteiger partial charge in [0, 0.05) is 12.4 Å². The molecule has 1 aromatic carbocycles. The minimum absolute atomic E-state index is 0.827. The molecule has 0 aliphatic carbocycles. The molecule has 1 heterocycles. The molecule has 0 radical (unpaired) electrons. The van der Waals surface area contributed by atoms with Gasteiger partial charge in [-0.2, -0.15) is 36.9 Å². The molecule has 0 saturated heterocycles. The number of benzene rings is 1. The fourth-order valence-electron chi connectivity index (χ4n) is 1.97. The Morgan fingerprint density at radius 1 is 0.727 bits per heavy atom. The molecule has 0 N–H and O–H groups in total. The lowest BCUT2D eigenvalue weighted by Gasteiger charge is -2.17. The molecule has 4 nitrogen and oxygen atoms in total. The Bertz CT molecular complexity index is 838. The van der Waals surface area contributed by atoms with Gasteiger partial charge in [0.2, 0.25) is 0 Å². The largest absolute Gasteiger partial charge is 0.419 e. The van der Waals surface area contributed by atoms with E-state index in [0.717, 1.165) is 24.5 Å². The lowest BCUT2D eigenvalue weighted by Crippen LogP contribution is -2.19. The molecule has 1 aromatic heterocycles. The van der Waals surface area contributed by atoms with Crippen molar-refractivity contribution in [1.29, 1.82) is 10.5 Å². The second-order valence-corrected chi connectivity index (χ2v) is 3.97. The molecule has 112 valence electrons. The predicted octanol–water partition coefficient (Wildman–Crippen LogP) is 3.41. The third-order valence-corrected chi connectivity index (χ3v) is 2.71. The molecule has 0 amide bonds. The van der Waals surface area contributed by atoms with E-state index in [2.05, 4.69) is 9.97 Å². The minimum Gasteiger partial charge on any atom is -0.252 e. The van der Waals surface area contributed by atoms with Crippen molar-refractivity contribution in [1.82, 2.24) is 9.97 Å². The van der Waals surface area contributed by atoms with Crippen LogP contribution in [0.5, 0.6) is 0 Å². The molecule has 0 unspecified atom stereocenters. The van der Waals surface area contributed by atoms with Crippen molar-refractivity contribution in [3.05, 3.63) is 34.6 Å². The minimum atomic E-state index is -5.33. The van der Waals surface area contributed by atoms with Gasteiger partial charge in [0.15, 0.2) is 0 Å². The summed E-state index contributed by atoms with van der Waals surface area (Å²) in [6, 6.07) is 2.04. The van der Waals surface area contributed by atoms with Crippen LogP contribution in [0.1, 0.15) is 22.3 Å². The van der Waals surface area contributed by atoms with Crippen LogP contribution in [-0.2, 0) is 12.4 Å². The van der Waals surface area contributed by atoms with Gasteiger partial charge in [-0.15, -0.1) is 0 Å². The van der Waals surface area contributed by atoms with Gasteiger partial charge in [0.05, 0.1) is 16.7 Å². The van der Waals surface area contributed by atoms with E-state index in [1.54, 1.807) is 0 Å². The Kier molecular flexibility index (Phi) is 3.41. The van der Waals surface area contributed by atoms with Crippen LogP contribution >= 0.6 is 0 Å². The quantitative estimate of drug-likeness (QED) is 0.698. The maximum absolute atomic E-state index is 13.1. The van der Waals surface area contributed by atoms with Crippen LogP contribution < -0.4 is 0 Å². The second kappa shape index (κ2) is 4.84. The number of halogens is 6. The normalized spacial score (nSPS) is 12.0. The van der Waals surface area contributed by atoms with Gasteiger partial charge in [0.25, 0.3) is 0 Å². The Labute approximate surface area is 118 Å². The first-order valence-electron chi connectivity index (χ1n) is 5.38. The number of nitrogens with zero attached hydrogens (tertiary/aromatic N) is 4. The highest BCUT2D eigenvalue weighted by molar-refractivity contribution is 5.88. The number of nitriles is 2. The lowest BCUT2D eigenvalue weighted by atomic mass is 9.93. The van der Waals surface area contributed by atoms with Crippen LogP contribution in [0.15, 0.2) is 12.4 Å². The van der Waals surface area contributed by atoms with Crippen molar-refractivity contribution < 1.29 is 26.3 Å². The van der Waals surface area contributed by atoms with Crippen LogP contribution in [0.4, 0.5) is 26.3 Å². The van der Waals surface area contributed by atoms with Gasteiger partial charge in [-0.3, -0.25) is 9.97 Å². The number of hydrogen-bond donors (Lipinski definition) is 0. The fourth-order valence-corrected chi connectivity index (χ4v) is 1.97. The predicted molar refractivity (Wildman–Crippen MR) is 59.0 cm³/mol. The summed E-state index contributed by atoms with van der Waals surface area (Å²) in [5.41, 5.74) is -8.51. The lowest BCUT2D eigenvalue weighted by molar-refractivity contribution is -0.142. The zero-order valence-corrected chi connectivity index (χ0v) is 10.2. The highest BCUT2D eigenvalue weighted by Gasteiger charge is 2.46. The number of rotatable bonds is 0. The van der Waals surface area contributed by atoms with E-state index in [9.17, 15) is 26.3 Å². The first-order valence-corrected chi connectivity index (χ1v) is 5.38. The molecule has 0 spiro atoms. The van der Waals surface area contributed by atoms with E-state index >= 15 is 0 Å². The standard InChI is InChI=1S/C12H2F6N4/c13-11(14,15)7-5(3-19)8(12(16,17)18)10-9(6(7)4-20)21-1-2-22-10/h1-2H. The molecule has 0 fully saturated rings. The highest BCUT2D eigenvalue weighted by Crippen LogP contribution is 2.44. The van der Waals surface area contributed by atoms with Crippen LogP contribution in [0.2, 0.25) is 0 Å². The fraction of sp³-hybridized carbons (Fsp3) is 0.167. The van der Waals surface area contributed by atoms with Crippen LogP contribution in [0.3, 0.4) is 0 Å². The van der Waals surface area contributed by atoms with E-state index in [-0.39, 0.29) is 0 Å². The van der Waals surface area contributed by atoms with Crippen molar-refractivity contribution in [2.75, 3.05) is 0 Å². The van der Waals surface area contributed by atoms with Crippen molar-refractivity contribution >= 4 is 11.0 Å².